The molecule has 3 amide bonds. The van der Waals surface area contributed by atoms with Crippen LogP contribution >= 0.6 is 16.1 Å². The van der Waals surface area contributed by atoms with Gasteiger partial charge in [-0.1, -0.05) is 6.92 Å². The van der Waals surface area contributed by atoms with Crippen molar-refractivity contribution in [2.75, 3.05) is 6.54 Å². The van der Waals surface area contributed by atoms with E-state index in [1.807, 2.05) is 6.92 Å². The highest BCUT2D eigenvalue weighted by Crippen LogP contribution is 2.05. The molecule has 0 fully saturated rings. The number of rotatable bonds is 3. The average molecular weight is 262 g/mol. The molecule has 6 heteroatoms. The molecule has 0 spiro atoms. The van der Waals surface area contributed by atoms with Crippen molar-refractivity contribution < 1.29 is 9.59 Å². The molecule has 1 aliphatic heterocycles. The Morgan fingerprint density at radius 3 is 3.00 bits per heavy atom. The zero-order valence-corrected chi connectivity index (χ0v) is 9.37. The first-order valence-electron chi connectivity index (χ1n) is 4.36. The van der Waals surface area contributed by atoms with Gasteiger partial charge in [-0.15, -0.1) is 0 Å². The smallest absolute Gasteiger partial charge is 0.319 e. The number of nitrogens with one attached hydrogen (secondary N) is 2. The van der Waals surface area contributed by atoms with E-state index in [-0.39, 0.29) is 11.9 Å². The van der Waals surface area contributed by atoms with E-state index in [4.69, 9.17) is 0 Å². The molecule has 1 rings (SSSR count). The summed E-state index contributed by atoms with van der Waals surface area (Å²) in [6.45, 7) is 2.59. The van der Waals surface area contributed by atoms with E-state index in [1.165, 1.54) is 10.1 Å². The molecule has 0 saturated carbocycles. The standard InChI is InChI=1S/C8H12BrN3O2/c1-2-5-12(9)7(13)6-3-4-10-8(14)11-6/h3-4,6H,2,5H2,1H3,(H2,10,11,14). The number of carbonyl (C=O) groups excluding carboxylic acids is 2. The van der Waals surface area contributed by atoms with E-state index in [0.29, 0.717) is 6.54 Å². The number of carbonyl (C=O) groups is 2. The van der Waals surface area contributed by atoms with Crippen molar-refractivity contribution in [3.05, 3.63) is 12.3 Å². The summed E-state index contributed by atoms with van der Waals surface area (Å²) in [5.74, 6) is -0.169. The van der Waals surface area contributed by atoms with Crippen LogP contribution < -0.4 is 10.6 Å². The van der Waals surface area contributed by atoms with E-state index in [0.717, 1.165) is 6.42 Å². The van der Waals surface area contributed by atoms with Gasteiger partial charge >= 0.3 is 6.03 Å². The van der Waals surface area contributed by atoms with Crippen molar-refractivity contribution >= 4 is 28.1 Å². The lowest BCUT2D eigenvalue weighted by Gasteiger charge is -2.22. The van der Waals surface area contributed by atoms with Crippen LogP contribution in [0, 0.1) is 0 Å². The molecule has 0 bridgehead atoms. The maximum absolute atomic E-state index is 11.6. The molecule has 0 aromatic carbocycles. The monoisotopic (exact) mass is 261 g/mol. The first-order chi connectivity index (χ1) is 6.65. The lowest BCUT2D eigenvalue weighted by molar-refractivity contribution is -0.126. The molecule has 1 heterocycles. The van der Waals surface area contributed by atoms with Crippen LogP contribution in [0.25, 0.3) is 0 Å². The summed E-state index contributed by atoms with van der Waals surface area (Å²) in [5.41, 5.74) is 0. The minimum absolute atomic E-state index is 0.169. The summed E-state index contributed by atoms with van der Waals surface area (Å²) in [6, 6.07) is -0.932. The van der Waals surface area contributed by atoms with Gasteiger partial charge in [0.2, 0.25) is 0 Å². The molecule has 14 heavy (non-hydrogen) atoms. The van der Waals surface area contributed by atoms with Crippen LogP contribution in [0.5, 0.6) is 0 Å². The molecule has 5 nitrogen and oxygen atoms in total. The first-order valence-corrected chi connectivity index (χ1v) is 5.07. The Morgan fingerprint density at radius 1 is 1.71 bits per heavy atom. The Bertz CT molecular complexity index is 267. The normalized spacial score (nSPS) is 19.9. The van der Waals surface area contributed by atoms with Crippen LogP contribution in [0.3, 0.4) is 0 Å². The molecule has 0 aromatic heterocycles. The highest BCUT2D eigenvalue weighted by atomic mass is 79.9. The quantitative estimate of drug-likeness (QED) is 0.736. The Labute approximate surface area is 90.9 Å². The average Bonchev–Trinajstić information content (AvgIpc) is 2.17. The van der Waals surface area contributed by atoms with Crippen molar-refractivity contribution in [1.82, 2.24) is 14.6 Å². The van der Waals surface area contributed by atoms with Crippen LogP contribution in [0.1, 0.15) is 13.3 Å². The van der Waals surface area contributed by atoms with E-state index >= 15 is 0 Å². The topological polar surface area (TPSA) is 61.4 Å². The molecule has 1 atom stereocenters. The minimum Gasteiger partial charge on any atom is -0.322 e. The SMILES string of the molecule is CCCN(Br)C(=O)C1C=CNC(=O)N1. The Morgan fingerprint density at radius 2 is 2.43 bits per heavy atom. The van der Waals surface area contributed by atoms with Gasteiger partial charge in [0.25, 0.3) is 5.91 Å². The maximum Gasteiger partial charge on any atom is 0.319 e. The number of hydrogen-bond donors (Lipinski definition) is 2. The third-order valence-corrected chi connectivity index (χ3v) is 2.42. The molecule has 0 radical (unpaired) electrons. The van der Waals surface area contributed by atoms with Crippen molar-refractivity contribution in [1.29, 1.82) is 0 Å². The zero-order valence-electron chi connectivity index (χ0n) is 7.79. The molecule has 1 aliphatic rings. The van der Waals surface area contributed by atoms with Crippen LogP contribution in [0.15, 0.2) is 12.3 Å². The van der Waals surface area contributed by atoms with Gasteiger partial charge in [-0.2, -0.15) is 0 Å². The summed E-state index contributed by atoms with van der Waals surface area (Å²) in [7, 11) is 0. The summed E-state index contributed by atoms with van der Waals surface area (Å²) in [6.07, 6.45) is 3.93. The molecular weight excluding hydrogens is 250 g/mol. The summed E-state index contributed by atoms with van der Waals surface area (Å²) >= 11 is 3.14. The summed E-state index contributed by atoms with van der Waals surface area (Å²) < 4.78 is 1.42. The summed E-state index contributed by atoms with van der Waals surface area (Å²) in [4.78, 5) is 22.5. The Hall–Kier alpha value is -1.04. The third kappa shape index (κ3) is 2.73. The van der Waals surface area contributed by atoms with Gasteiger partial charge in [0.15, 0.2) is 0 Å². The van der Waals surface area contributed by atoms with E-state index < -0.39 is 6.04 Å². The highest BCUT2D eigenvalue weighted by Gasteiger charge is 2.23. The van der Waals surface area contributed by atoms with Gasteiger partial charge in [0.05, 0.1) is 16.1 Å². The second-order valence-electron chi connectivity index (χ2n) is 2.88. The van der Waals surface area contributed by atoms with Gasteiger partial charge in [-0.3, -0.25) is 8.72 Å². The van der Waals surface area contributed by atoms with Crippen molar-refractivity contribution in [2.24, 2.45) is 0 Å². The number of urea groups is 1. The third-order valence-electron chi connectivity index (χ3n) is 1.71. The fourth-order valence-corrected chi connectivity index (χ4v) is 1.63. The van der Waals surface area contributed by atoms with Gasteiger partial charge < -0.3 is 10.6 Å². The number of hydrogen-bond acceptors (Lipinski definition) is 2. The first kappa shape index (κ1) is 11.0. The Kier molecular flexibility index (Phi) is 3.94. The lowest BCUT2D eigenvalue weighted by atomic mass is 10.2. The van der Waals surface area contributed by atoms with E-state index in [1.54, 1.807) is 6.08 Å². The predicted molar refractivity (Wildman–Crippen MR) is 55.5 cm³/mol. The molecule has 0 saturated heterocycles. The predicted octanol–water partition coefficient (Wildman–Crippen LogP) is 0.730. The molecule has 2 N–H and O–H groups in total. The van der Waals surface area contributed by atoms with Crippen LogP contribution in [-0.2, 0) is 4.79 Å². The van der Waals surface area contributed by atoms with Gasteiger partial charge in [0, 0.05) is 12.7 Å². The number of nitrogens with zero attached hydrogens (tertiary/aromatic N) is 1. The zero-order chi connectivity index (χ0) is 10.6. The summed E-state index contributed by atoms with van der Waals surface area (Å²) in [5, 5.41) is 4.92. The van der Waals surface area contributed by atoms with Crippen LogP contribution in [0.2, 0.25) is 0 Å². The number of amides is 3. The van der Waals surface area contributed by atoms with Crippen molar-refractivity contribution in [2.45, 2.75) is 19.4 Å². The molecular formula is C8H12BrN3O2. The largest absolute Gasteiger partial charge is 0.322 e. The lowest BCUT2D eigenvalue weighted by Crippen LogP contribution is -2.50. The van der Waals surface area contributed by atoms with Crippen molar-refractivity contribution in [3.63, 3.8) is 0 Å². The van der Waals surface area contributed by atoms with E-state index in [9.17, 15) is 9.59 Å². The molecule has 1 unspecified atom stereocenters. The second-order valence-corrected chi connectivity index (χ2v) is 3.73. The fraction of sp³-hybridized carbons (Fsp3) is 0.500. The fourth-order valence-electron chi connectivity index (χ4n) is 1.05. The molecule has 0 aromatic rings. The van der Waals surface area contributed by atoms with Gasteiger partial charge in [-0.25, -0.2) is 4.79 Å². The molecule has 0 aliphatic carbocycles. The number of halogens is 1. The maximum atomic E-state index is 11.6. The van der Waals surface area contributed by atoms with Crippen molar-refractivity contribution in [3.8, 4) is 0 Å². The van der Waals surface area contributed by atoms with Gasteiger partial charge in [0.1, 0.15) is 6.04 Å². The van der Waals surface area contributed by atoms with E-state index in [2.05, 4.69) is 26.8 Å². The Balaban J connectivity index is 2.55. The minimum atomic E-state index is -0.574. The van der Waals surface area contributed by atoms with Gasteiger partial charge in [-0.05, 0) is 12.5 Å². The van der Waals surface area contributed by atoms with Crippen LogP contribution in [0.4, 0.5) is 4.79 Å². The second kappa shape index (κ2) is 4.99. The van der Waals surface area contributed by atoms with Crippen LogP contribution in [-0.4, -0.2) is 28.5 Å². The highest BCUT2D eigenvalue weighted by molar-refractivity contribution is 9.07. The molecule has 78 valence electrons.